The number of carbonyl (C=O) groups is 1. The van der Waals surface area contributed by atoms with Crippen LogP contribution in [0.1, 0.15) is 31.2 Å². The molecule has 1 saturated carbocycles. The number of hydrogen-bond donors (Lipinski definition) is 0. The van der Waals surface area contributed by atoms with Crippen molar-refractivity contribution in [3.05, 3.63) is 34.9 Å². The number of carbonyl (C=O) groups excluding carboxylic acids is 1. The first-order valence-corrected chi connectivity index (χ1v) is 6.96. The van der Waals surface area contributed by atoms with Crippen molar-refractivity contribution in [3.8, 4) is 0 Å². The van der Waals surface area contributed by atoms with E-state index in [1.165, 1.54) is 5.56 Å². The Balaban J connectivity index is 1.79. The lowest BCUT2D eigenvalue weighted by Crippen LogP contribution is -2.28. The molecule has 0 aromatic heterocycles. The molecule has 3 heteroatoms. The number of halogens is 1. The van der Waals surface area contributed by atoms with Crippen molar-refractivity contribution in [2.75, 3.05) is 13.6 Å². The second kappa shape index (κ2) is 6.35. The normalized spacial score (nSPS) is 17.4. The average molecular weight is 266 g/mol. The maximum Gasteiger partial charge on any atom is 0.132 e. The van der Waals surface area contributed by atoms with Crippen molar-refractivity contribution in [2.45, 2.75) is 32.2 Å². The molecule has 18 heavy (non-hydrogen) atoms. The number of Topliss-reactive ketones (excluding diaryl/α,β-unsaturated/α-hetero) is 1. The second-order valence-corrected chi connectivity index (χ2v) is 5.74. The lowest BCUT2D eigenvalue weighted by molar-refractivity contribution is -0.121. The highest BCUT2D eigenvalue weighted by Crippen LogP contribution is 2.22. The highest BCUT2D eigenvalue weighted by molar-refractivity contribution is 6.30. The highest BCUT2D eigenvalue weighted by atomic mass is 35.5. The van der Waals surface area contributed by atoms with Crippen LogP contribution in [-0.2, 0) is 11.3 Å². The quantitative estimate of drug-likeness (QED) is 0.830. The molecule has 0 saturated heterocycles. The largest absolute Gasteiger partial charge is 0.302 e. The first-order chi connectivity index (χ1) is 8.63. The minimum absolute atomic E-state index is 0.437. The standard InChI is InChI=1S/C15H20ClNO/c1-17(10-12-2-6-14(16)7-3-12)11-13-4-8-15(18)9-5-13/h2-3,6-7,13H,4-5,8-11H2,1H3. The molecule has 2 nitrogen and oxygen atoms in total. The van der Waals surface area contributed by atoms with Gasteiger partial charge in [-0.05, 0) is 43.5 Å². The summed E-state index contributed by atoms with van der Waals surface area (Å²) in [5, 5.41) is 0.784. The molecule has 0 aliphatic heterocycles. The molecule has 1 aliphatic rings. The molecule has 0 unspecified atom stereocenters. The summed E-state index contributed by atoms with van der Waals surface area (Å²) in [5.74, 6) is 1.12. The van der Waals surface area contributed by atoms with Crippen LogP contribution in [-0.4, -0.2) is 24.3 Å². The molecule has 0 spiro atoms. The molecule has 2 rings (SSSR count). The molecule has 1 aromatic carbocycles. The monoisotopic (exact) mass is 265 g/mol. The van der Waals surface area contributed by atoms with Gasteiger partial charge in [0.2, 0.25) is 0 Å². The third-order valence-corrected chi connectivity index (χ3v) is 3.85. The number of rotatable bonds is 4. The summed E-state index contributed by atoms with van der Waals surface area (Å²) in [5.41, 5.74) is 1.29. The van der Waals surface area contributed by atoms with Gasteiger partial charge < -0.3 is 4.90 Å². The van der Waals surface area contributed by atoms with Gasteiger partial charge in [0, 0.05) is 31.0 Å². The van der Waals surface area contributed by atoms with E-state index in [0.717, 1.165) is 43.8 Å². The molecular weight excluding hydrogens is 246 g/mol. The zero-order valence-corrected chi connectivity index (χ0v) is 11.6. The summed E-state index contributed by atoms with van der Waals surface area (Å²) in [6.45, 7) is 2.03. The lowest BCUT2D eigenvalue weighted by Gasteiger charge is -2.26. The van der Waals surface area contributed by atoms with Gasteiger partial charge in [-0.1, -0.05) is 23.7 Å². The minimum Gasteiger partial charge on any atom is -0.302 e. The lowest BCUT2D eigenvalue weighted by atomic mass is 9.88. The van der Waals surface area contributed by atoms with Crippen molar-refractivity contribution in [2.24, 2.45) is 5.92 Å². The third kappa shape index (κ3) is 4.11. The van der Waals surface area contributed by atoms with E-state index < -0.39 is 0 Å². The van der Waals surface area contributed by atoms with Crippen molar-refractivity contribution in [1.29, 1.82) is 0 Å². The molecule has 0 N–H and O–H groups in total. The molecule has 1 fully saturated rings. The summed E-state index contributed by atoms with van der Waals surface area (Å²) < 4.78 is 0. The van der Waals surface area contributed by atoms with Crippen molar-refractivity contribution in [3.63, 3.8) is 0 Å². The Morgan fingerprint density at radius 2 is 1.83 bits per heavy atom. The molecule has 1 aliphatic carbocycles. The van der Waals surface area contributed by atoms with Gasteiger partial charge in [-0.3, -0.25) is 4.79 Å². The van der Waals surface area contributed by atoms with Crippen LogP contribution >= 0.6 is 11.6 Å². The molecular formula is C15H20ClNO. The summed E-state index contributed by atoms with van der Waals surface area (Å²) >= 11 is 5.87. The van der Waals surface area contributed by atoms with Gasteiger partial charge in [-0.25, -0.2) is 0 Å². The van der Waals surface area contributed by atoms with Crippen LogP contribution in [0.15, 0.2) is 24.3 Å². The van der Waals surface area contributed by atoms with E-state index in [0.29, 0.717) is 11.7 Å². The molecule has 0 atom stereocenters. The smallest absolute Gasteiger partial charge is 0.132 e. The van der Waals surface area contributed by atoms with Crippen LogP contribution < -0.4 is 0 Å². The summed E-state index contributed by atoms with van der Waals surface area (Å²) in [6, 6.07) is 8.01. The van der Waals surface area contributed by atoms with E-state index in [4.69, 9.17) is 11.6 Å². The van der Waals surface area contributed by atoms with Gasteiger partial charge in [0.25, 0.3) is 0 Å². The van der Waals surface area contributed by atoms with E-state index in [2.05, 4.69) is 24.1 Å². The Bertz CT molecular complexity index is 391. The van der Waals surface area contributed by atoms with Gasteiger partial charge in [0.05, 0.1) is 0 Å². The van der Waals surface area contributed by atoms with Gasteiger partial charge >= 0.3 is 0 Å². The maximum absolute atomic E-state index is 11.2. The Morgan fingerprint density at radius 3 is 2.44 bits per heavy atom. The summed E-state index contributed by atoms with van der Waals surface area (Å²) in [7, 11) is 2.14. The third-order valence-electron chi connectivity index (χ3n) is 3.60. The van der Waals surface area contributed by atoms with Gasteiger partial charge in [0.1, 0.15) is 5.78 Å². The van der Waals surface area contributed by atoms with Gasteiger partial charge in [-0.15, -0.1) is 0 Å². The average Bonchev–Trinajstić information content (AvgIpc) is 2.35. The van der Waals surface area contributed by atoms with Crippen LogP contribution in [0, 0.1) is 5.92 Å². The summed E-state index contributed by atoms with van der Waals surface area (Å²) in [6.07, 6.45) is 3.67. The topological polar surface area (TPSA) is 20.3 Å². The van der Waals surface area contributed by atoms with E-state index in [1.54, 1.807) is 0 Å². The Labute approximate surface area is 114 Å². The Kier molecular flexibility index (Phi) is 4.79. The molecule has 0 radical (unpaired) electrons. The first-order valence-electron chi connectivity index (χ1n) is 6.58. The molecule has 98 valence electrons. The van der Waals surface area contributed by atoms with Crippen molar-refractivity contribution >= 4 is 17.4 Å². The zero-order chi connectivity index (χ0) is 13.0. The second-order valence-electron chi connectivity index (χ2n) is 5.31. The predicted molar refractivity (Wildman–Crippen MR) is 74.8 cm³/mol. The summed E-state index contributed by atoms with van der Waals surface area (Å²) in [4.78, 5) is 13.5. The van der Waals surface area contributed by atoms with E-state index in [-0.39, 0.29) is 0 Å². The van der Waals surface area contributed by atoms with Crippen LogP contribution in [0.3, 0.4) is 0 Å². The zero-order valence-electron chi connectivity index (χ0n) is 10.9. The Morgan fingerprint density at radius 1 is 1.22 bits per heavy atom. The van der Waals surface area contributed by atoms with Gasteiger partial charge in [-0.2, -0.15) is 0 Å². The van der Waals surface area contributed by atoms with Crippen LogP contribution in [0.4, 0.5) is 0 Å². The fourth-order valence-corrected chi connectivity index (χ4v) is 2.71. The molecule has 0 bridgehead atoms. The Hall–Kier alpha value is -0.860. The van der Waals surface area contributed by atoms with Crippen LogP contribution in [0.25, 0.3) is 0 Å². The van der Waals surface area contributed by atoms with E-state index in [1.807, 2.05) is 12.1 Å². The predicted octanol–water partition coefficient (Wildman–Crippen LogP) is 3.53. The fraction of sp³-hybridized carbons (Fsp3) is 0.533. The van der Waals surface area contributed by atoms with Crippen LogP contribution in [0.2, 0.25) is 5.02 Å². The number of benzene rings is 1. The highest BCUT2D eigenvalue weighted by Gasteiger charge is 2.19. The van der Waals surface area contributed by atoms with Crippen LogP contribution in [0.5, 0.6) is 0 Å². The van der Waals surface area contributed by atoms with E-state index in [9.17, 15) is 4.79 Å². The molecule has 0 heterocycles. The minimum atomic E-state index is 0.437. The van der Waals surface area contributed by atoms with Crippen molar-refractivity contribution < 1.29 is 4.79 Å². The van der Waals surface area contributed by atoms with E-state index >= 15 is 0 Å². The van der Waals surface area contributed by atoms with Crippen molar-refractivity contribution in [1.82, 2.24) is 4.90 Å². The number of nitrogens with zero attached hydrogens (tertiary/aromatic N) is 1. The number of hydrogen-bond acceptors (Lipinski definition) is 2. The first kappa shape index (κ1) is 13.6. The number of ketones is 1. The van der Waals surface area contributed by atoms with Gasteiger partial charge in [0.15, 0.2) is 0 Å². The SMILES string of the molecule is CN(Cc1ccc(Cl)cc1)CC1CCC(=O)CC1. The molecule has 1 aromatic rings. The maximum atomic E-state index is 11.2. The molecule has 0 amide bonds. The fourth-order valence-electron chi connectivity index (χ4n) is 2.59.